The molecule has 2 aromatic rings. The minimum Gasteiger partial charge on any atom is -0.328 e. The van der Waals surface area contributed by atoms with Gasteiger partial charge in [-0.15, -0.1) is 0 Å². The molecule has 4 heteroatoms. The fraction of sp³-hybridized carbons (Fsp3) is 0.462. The SMILES string of the molecule is NC1CCC(n2cncc2-c2ccsc2)CC1. The van der Waals surface area contributed by atoms with Gasteiger partial charge in [0.05, 0.1) is 18.2 Å². The molecule has 2 N–H and O–H groups in total. The zero-order valence-electron chi connectivity index (χ0n) is 9.75. The van der Waals surface area contributed by atoms with Crippen LogP contribution in [-0.4, -0.2) is 15.6 Å². The molecule has 3 rings (SSSR count). The number of hydrogen-bond donors (Lipinski definition) is 1. The van der Waals surface area contributed by atoms with Gasteiger partial charge in [-0.3, -0.25) is 0 Å². The molecule has 1 aliphatic carbocycles. The topological polar surface area (TPSA) is 43.8 Å². The molecule has 2 aromatic heterocycles. The van der Waals surface area contributed by atoms with E-state index in [2.05, 4.69) is 26.4 Å². The van der Waals surface area contributed by atoms with E-state index in [0.29, 0.717) is 12.1 Å². The number of aromatic nitrogens is 2. The average Bonchev–Trinajstić information content (AvgIpc) is 3.00. The van der Waals surface area contributed by atoms with Gasteiger partial charge >= 0.3 is 0 Å². The van der Waals surface area contributed by atoms with E-state index in [1.807, 2.05) is 12.5 Å². The lowest BCUT2D eigenvalue weighted by atomic mass is 9.91. The van der Waals surface area contributed by atoms with Crippen molar-refractivity contribution in [2.75, 3.05) is 0 Å². The Kier molecular flexibility index (Phi) is 2.99. The smallest absolute Gasteiger partial charge is 0.0953 e. The summed E-state index contributed by atoms with van der Waals surface area (Å²) in [5.74, 6) is 0. The fourth-order valence-corrected chi connectivity index (χ4v) is 3.26. The maximum atomic E-state index is 5.96. The second-order valence-electron chi connectivity index (χ2n) is 4.77. The van der Waals surface area contributed by atoms with Crippen LogP contribution in [-0.2, 0) is 0 Å². The summed E-state index contributed by atoms with van der Waals surface area (Å²) in [5, 5.41) is 4.30. The Morgan fingerprint density at radius 1 is 1.29 bits per heavy atom. The van der Waals surface area contributed by atoms with Crippen LogP contribution in [0, 0.1) is 0 Å². The van der Waals surface area contributed by atoms with E-state index < -0.39 is 0 Å². The first-order chi connectivity index (χ1) is 8.34. The van der Waals surface area contributed by atoms with Crippen molar-refractivity contribution >= 4 is 11.3 Å². The third-order valence-electron chi connectivity index (χ3n) is 3.62. The summed E-state index contributed by atoms with van der Waals surface area (Å²) in [6, 6.07) is 3.14. The van der Waals surface area contributed by atoms with E-state index in [0.717, 1.165) is 12.8 Å². The zero-order chi connectivity index (χ0) is 11.7. The fourth-order valence-electron chi connectivity index (χ4n) is 2.61. The lowest BCUT2D eigenvalue weighted by molar-refractivity contribution is 0.325. The Balaban J connectivity index is 1.86. The van der Waals surface area contributed by atoms with E-state index in [9.17, 15) is 0 Å². The van der Waals surface area contributed by atoms with Crippen molar-refractivity contribution in [1.82, 2.24) is 9.55 Å². The van der Waals surface area contributed by atoms with Crippen LogP contribution in [0.4, 0.5) is 0 Å². The van der Waals surface area contributed by atoms with Crippen molar-refractivity contribution in [3.8, 4) is 11.3 Å². The average molecular weight is 247 g/mol. The van der Waals surface area contributed by atoms with Gasteiger partial charge < -0.3 is 10.3 Å². The standard InChI is InChI=1S/C13H17N3S/c14-11-1-3-12(4-2-11)16-9-15-7-13(16)10-5-6-17-8-10/h5-9,11-12H,1-4,14H2. The third kappa shape index (κ3) is 2.15. The summed E-state index contributed by atoms with van der Waals surface area (Å²) < 4.78 is 2.33. The Morgan fingerprint density at radius 2 is 2.12 bits per heavy atom. The van der Waals surface area contributed by atoms with Gasteiger partial charge in [-0.2, -0.15) is 11.3 Å². The molecule has 0 bridgehead atoms. The highest BCUT2D eigenvalue weighted by atomic mass is 32.1. The van der Waals surface area contributed by atoms with E-state index in [-0.39, 0.29) is 0 Å². The summed E-state index contributed by atoms with van der Waals surface area (Å²) in [6.07, 6.45) is 8.55. The lowest BCUT2D eigenvalue weighted by Gasteiger charge is -2.28. The predicted octanol–water partition coefficient (Wildman–Crippen LogP) is 3.05. The molecular weight excluding hydrogens is 230 g/mol. The summed E-state index contributed by atoms with van der Waals surface area (Å²) in [7, 11) is 0. The molecule has 1 aliphatic rings. The summed E-state index contributed by atoms with van der Waals surface area (Å²) in [6.45, 7) is 0. The van der Waals surface area contributed by atoms with Crippen molar-refractivity contribution in [3.63, 3.8) is 0 Å². The molecule has 90 valence electrons. The Morgan fingerprint density at radius 3 is 2.82 bits per heavy atom. The molecule has 0 aliphatic heterocycles. The van der Waals surface area contributed by atoms with Crippen LogP contribution in [0.5, 0.6) is 0 Å². The van der Waals surface area contributed by atoms with E-state index in [1.165, 1.54) is 24.1 Å². The molecule has 0 aromatic carbocycles. The van der Waals surface area contributed by atoms with Gasteiger partial charge in [0.25, 0.3) is 0 Å². The molecule has 0 saturated heterocycles. The molecule has 0 atom stereocenters. The Hall–Kier alpha value is -1.13. The minimum atomic E-state index is 0.402. The predicted molar refractivity (Wildman–Crippen MR) is 71.0 cm³/mol. The van der Waals surface area contributed by atoms with E-state index in [4.69, 9.17) is 5.73 Å². The molecule has 2 heterocycles. The van der Waals surface area contributed by atoms with Crippen molar-refractivity contribution in [3.05, 3.63) is 29.4 Å². The molecule has 1 saturated carbocycles. The van der Waals surface area contributed by atoms with E-state index >= 15 is 0 Å². The highest BCUT2D eigenvalue weighted by Crippen LogP contribution is 2.32. The van der Waals surface area contributed by atoms with Gasteiger partial charge in [-0.05, 0) is 37.1 Å². The third-order valence-corrected chi connectivity index (χ3v) is 4.30. The van der Waals surface area contributed by atoms with Crippen LogP contribution in [0.15, 0.2) is 29.4 Å². The Bertz CT molecular complexity index is 467. The van der Waals surface area contributed by atoms with Gasteiger partial charge in [0.2, 0.25) is 0 Å². The molecule has 0 radical (unpaired) electrons. The molecule has 0 unspecified atom stereocenters. The highest BCUT2D eigenvalue weighted by Gasteiger charge is 2.21. The molecule has 0 spiro atoms. The van der Waals surface area contributed by atoms with Crippen LogP contribution >= 0.6 is 11.3 Å². The molecule has 0 amide bonds. The van der Waals surface area contributed by atoms with Crippen LogP contribution < -0.4 is 5.73 Å². The van der Waals surface area contributed by atoms with Gasteiger partial charge in [0.1, 0.15) is 0 Å². The molecule has 3 nitrogen and oxygen atoms in total. The summed E-state index contributed by atoms with van der Waals surface area (Å²) >= 11 is 1.73. The highest BCUT2D eigenvalue weighted by molar-refractivity contribution is 7.08. The lowest BCUT2D eigenvalue weighted by Crippen LogP contribution is -2.27. The molecular formula is C13H17N3S. The van der Waals surface area contributed by atoms with Gasteiger partial charge in [0, 0.05) is 23.0 Å². The first-order valence-corrected chi connectivity index (χ1v) is 7.09. The normalized spacial score (nSPS) is 25.0. The summed E-state index contributed by atoms with van der Waals surface area (Å²) in [4.78, 5) is 4.31. The molecule has 17 heavy (non-hydrogen) atoms. The number of hydrogen-bond acceptors (Lipinski definition) is 3. The van der Waals surface area contributed by atoms with Crippen LogP contribution in [0.25, 0.3) is 11.3 Å². The number of rotatable bonds is 2. The monoisotopic (exact) mass is 247 g/mol. The van der Waals surface area contributed by atoms with Crippen LogP contribution in [0.2, 0.25) is 0 Å². The van der Waals surface area contributed by atoms with Crippen molar-refractivity contribution in [2.24, 2.45) is 5.73 Å². The minimum absolute atomic E-state index is 0.402. The van der Waals surface area contributed by atoms with Gasteiger partial charge in [0.15, 0.2) is 0 Å². The maximum absolute atomic E-state index is 5.96. The summed E-state index contributed by atoms with van der Waals surface area (Å²) in [5.41, 5.74) is 8.48. The number of nitrogens with two attached hydrogens (primary N) is 1. The first kappa shape index (κ1) is 11.0. The van der Waals surface area contributed by atoms with E-state index in [1.54, 1.807) is 11.3 Å². The second-order valence-corrected chi connectivity index (χ2v) is 5.55. The van der Waals surface area contributed by atoms with Crippen molar-refractivity contribution in [1.29, 1.82) is 0 Å². The van der Waals surface area contributed by atoms with Gasteiger partial charge in [-0.1, -0.05) is 0 Å². The number of thiophene rings is 1. The quantitative estimate of drug-likeness (QED) is 0.886. The van der Waals surface area contributed by atoms with Crippen LogP contribution in [0.1, 0.15) is 31.7 Å². The number of nitrogens with zero attached hydrogens (tertiary/aromatic N) is 2. The number of imidazole rings is 1. The van der Waals surface area contributed by atoms with Crippen LogP contribution in [0.3, 0.4) is 0 Å². The largest absolute Gasteiger partial charge is 0.328 e. The molecule has 1 fully saturated rings. The van der Waals surface area contributed by atoms with Gasteiger partial charge in [-0.25, -0.2) is 4.98 Å². The van der Waals surface area contributed by atoms with Crippen molar-refractivity contribution in [2.45, 2.75) is 37.8 Å². The maximum Gasteiger partial charge on any atom is 0.0953 e. The second kappa shape index (κ2) is 4.63. The Labute approximate surface area is 105 Å². The zero-order valence-corrected chi connectivity index (χ0v) is 10.6. The van der Waals surface area contributed by atoms with Crippen molar-refractivity contribution < 1.29 is 0 Å². The first-order valence-electron chi connectivity index (χ1n) is 6.14.